The molecule has 1 aliphatic carbocycles. The highest BCUT2D eigenvalue weighted by atomic mass is 79.9. The van der Waals surface area contributed by atoms with Crippen molar-refractivity contribution in [3.63, 3.8) is 0 Å². The second kappa shape index (κ2) is 5.63. The van der Waals surface area contributed by atoms with Crippen molar-refractivity contribution in [3.05, 3.63) is 0 Å². The molecule has 0 aromatic rings. The van der Waals surface area contributed by atoms with E-state index in [1.165, 1.54) is 12.8 Å². The largest absolute Gasteiger partial charge is 0.354 e. The Kier molecular flexibility index (Phi) is 4.78. The van der Waals surface area contributed by atoms with E-state index in [-0.39, 0.29) is 5.91 Å². The van der Waals surface area contributed by atoms with Gasteiger partial charge in [0.2, 0.25) is 5.91 Å². The highest BCUT2D eigenvalue weighted by molar-refractivity contribution is 9.09. The lowest BCUT2D eigenvalue weighted by Gasteiger charge is -2.12. The summed E-state index contributed by atoms with van der Waals surface area (Å²) in [6, 6.07) is 0.337. The quantitative estimate of drug-likeness (QED) is 0.719. The Morgan fingerprint density at radius 1 is 1.62 bits per heavy atom. The minimum Gasteiger partial charge on any atom is -0.354 e. The van der Waals surface area contributed by atoms with Crippen LogP contribution in [0.3, 0.4) is 0 Å². The van der Waals surface area contributed by atoms with Crippen LogP contribution in [-0.2, 0) is 4.79 Å². The number of amides is 1. The summed E-state index contributed by atoms with van der Waals surface area (Å²) in [7, 11) is 0. The molecule has 1 N–H and O–H groups in total. The van der Waals surface area contributed by atoms with Crippen molar-refractivity contribution >= 4 is 21.8 Å². The molecule has 1 amide bonds. The van der Waals surface area contributed by atoms with Crippen molar-refractivity contribution < 1.29 is 4.79 Å². The predicted octanol–water partition coefficient (Wildman–Crippen LogP) is 2.47. The van der Waals surface area contributed by atoms with Gasteiger partial charge in [-0.1, -0.05) is 15.9 Å². The van der Waals surface area contributed by atoms with E-state index in [4.69, 9.17) is 0 Å². The number of nitrogens with one attached hydrogen (secondary N) is 1. The van der Waals surface area contributed by atoms with Gasteiger partial charge in [-0.2, -0.15) is 0 Å². The van der Waals surface area contributed by atoms with Gasteiger partial charge in [-0.25, -0.2) is 0 Å². The van der Waals surface area contributed by atoms with Crippen LogP contribution in [0.25, 0.3) is 0 Å². The summed E-state index contributed by atoms with van der Waals surface area (Å²) < 4.78 is 0. The first kappa shape index (κ1) is 11.0. The molecule has 0 spiro atoms. The molecule has 0 aromatic carbocycles. The van der Waals surface area contributed by atoms with Crippen molar-refractivity contribution in [2.75, 3.05) is 5.33 Å². The van der Waals surface area contributed by atoms with E-state index in [1.54, 1.807) is 0 Å². The maximum absolute atomic E-state index is 11.3. The molecule has 13 heavy (non-hydrogen) atoms. The van der Waals surface area contributed by atoms with E-state index < -0.39 is 0 Å². The minimum absolute atomic E-state index is 0.240. The van der Waals surface area contributed by atoms with Gasteiger partial charge in [-0.15, -0.1) is 0 Å². The molecule has 0 aliphatic heterocycles. The molecule has 0 radical (unpaired) electrons. The third-order valence-corrected chi connectivity index (χ3v) is 2.91. The van der Waals surface area contributed by atoms with Crippen LogP contribution in [0.4, 0.5) is 0 Å². The molecule has 1 aliphatic rings. The van der Waals surface area contributed by atoms with Gasteiger partial charge in [-0.3, -0.25) is 4.79 Å². The van der Waals surface area contributed by atoms with Gasteiger partial charge < -0.3 is 5.32 Å². The number of hydrogen-bond donors (Lipinski definition) is 1. The molecule has 2 nitrogen and oxygen atoms in total. The Balaban J connectivity index is 2.03. The summed E-state index contributed by atoms with van der Waals surface area (Å²) in [5.41, 5.74) is 0. The third kappa shape index (κ3) is 5.29. The summed E-state index contributed by atoms with van der Waals surface area (Å²) in [6.45, 7) is 2.08. The Morgan fingerprint density at radius 2 is 2.31 bits per heavy atom. The average Bonchev–Trinajstić information content (AvgIpc) is 2.84. The van der Waals surface area contributed by atoms with Gasteiger partial charge in [0.25, 0.3) is 0 Å². The molecule has 0 saturated heterocycles. The summed E-state index contributed by atoms with van der Waals surface area (Å²) >= 11 is 3.38. The summed E-state index contributed by atoms with van der Waals surface area (Å²) in [6.07, 6.45) is 5.46. The molecule has 1 saturated carbocycles. The van der Waals surface area contributed by atoms with E-state index in [0.717, 1.165) is 24.6 Å². The summed E-state index contributed by atoms with van der Waals surface area (Å²) in [5.74, 6) is 0.938. The number of halogens is 1. The molecule has 76 valence electrons. The van der Waals surface area contributed by atoms with E-state index in [9.17, 15) is 4.79 Å². The standard InChI is InChI=1S/C10H18BrNO/c1-8(3-2-6-11)12-10(13)7-9-4-5-9/h8-9H,2-7H2,1H3,(H,12,13). The molecule has 0 heterocycles. The van der Waals surface area contributed by atoms with E-state index in [2.05, 4.69) is 28.2 Å². The lowest BCUT2D eigenvalue weighted by Crippen LogP contribution is -2.32. The topological polar surface area (TPSA) is 29.1 Å². The minimum atomic E-state index is 0.240. The Labute approximate surface area is 88.6 Å². The number of hydrogen-bond acceptors (Lipinski definition) is 1. The number of carbonyl (C=O) groups excluding carboxylic acids is 1. The second-order valence-electron chi connectivity index (χ2n) is 3.95. The van der Waals surface area contributed by atoms with Crippen LogP contribution in [0.5, 0.6) is 0 Å². The van der Waals surface area contributed by atoms with Gasteiger partial charge in [0.15, 0.2) is 0 Å². The fourth-order valence-electron chi connectivity index (χ4n) is 1.37. The van der Waals surface area contributed by atoms with Gasteiger partial charge in [0.1, 0.15) is 0 Å². The summed E-state index contributed by atoms with van der Waals surface area (Å²) in [5, 5.41) is 4.05. The van der Waals surface area contributed by atoms with Crippen LogP contribution in [0.2, 0.25) is 0 Å². The van der Waals surface area contributed by atoms with Gasteiger partial charge in [0, 0.05) is 17.8 Å². The van der Waals surface area contributed by atoms with Crippen molar-refractivity contribution in [2.24, 2.45) is 5.92 Å². The van der Waals surface area contributed by atoms with Crippen LogP contribution in [0, 0.1) is 5.92 Å². The van der Waals surface area contributed by atoms with Crippen molar-refractivity contribution in [3.8, 4) is 0 Å². The van der Waals surface area contributed by atoms with Crippen molar-refractivity contribution in [1.82, 2.24) is 5.32 Å². The normalized spacial score (nSPS) is 18.3. The average molecular weight is 248 g/mol. The second-order valence-corrected chi connectivity index (χ2v) is 4.74. The monoisotopic (exact) mass is 247 g/mol. The molecule has 0 aromatic heterocycles. The van der Waals surface area contributed by atoms with E-state index in [0.29, 0.717) is 12.0 Å². The van der Waals surface area contributed by atoms with Crippen LogP contribution in [0.1, 0.15) is 39.0 Å². The van der Waals surface area contributed by atoms with Crippen LogP contribution >= 0.6 is 15.9 Å². The maximum Gasteiger partial charge on any atom is 0.220 e. The van der Waals surface area contributed by atoms with E-state index in [1.807, 2.05) is 0 Å². The number of alkyl halides is 1. The van der Waals surface area contributed by atoms with Crippen molar-refractivity contribution in [1.29, 1.82) is 0 Å². The first-order valence-corrected chi connectivity index (χ1v) is 6.20. The fourth-order valence-corrected chi connectivity index (χ4v) is 1.70. The first-order valence-electron chi connectivity index (χ1n) is 5.07. The van der Waals surface area contributed by atoms with Crippen LogP contribution in [0.15, 0.2) is 0 Å². The molecule has 0 bridgehead atoms. The Bertz CT molecular complexity index is 168. The lowest BCUT2D eigenvalue weighted by molar-refractivity contribution is -0.122. The molecule has 1 rings (SSSR count). The predicted molar refractivity (Wildman–Crippen MR) is 58.0 cm³/mol. The third-order valence-electron chi connectivity index (χ3n) is 2.35. The Hall–Kier alpha value is -0.0500. The van der Waals surface area contributed by atoms with Crippen molar-refractivity contribution in [2.45, 2.75) is 45.1 Å². The number of rotatable bonds is 6. The maximum atomic E-state index is 11.3. The van der Waals surface area contributed by atoms with Crippen LogP contribution in [-0.4, -0.2) is 17.3 Å². The molecular formula is C10H18BrNO. The SMILES string of the molecule is CC(CCCBr)NC(=O)CC1CC1. The Morgan fingerprint density at radius 3 is 2.85 bits per heavy atom. The molecule has 1 fully saturated rings. The summed E-state index contributed by atoms with van der Waals surface area (Å²) in [4.78, 5) is 11.3. The van der Waals surface area contributed by atoms with Gasteiger partial charge >= 0.3 is 0 Å². The number of carbonyl (C=O) groups is 1. The van der Waals surface area contributed by atoms with Crippen LogP contribution < -0.4 is 5.32 Å². The first-order chi connectivity index (χ1) is 6.22. The molecule has 1 unspecified atom stereocenters. The zero-order valence-corrected chi connectivity index (χ0v) is 9.77. The lowest BCUT2D eigenvalue weighted by atomic mass is 10.2. The molecule has 1 atom stereocenters. The smallest absolute Gasteiger partial charge is 0.220 e. The fraction of sp³-hybridized carbons (Fsp3) is 0.900. The molecule has 3 heteroatoms. The van der Waals surface area contributed by atoms with Gasteiger partial charge in [-0.05, 0) is 38.5 Å². The molecular weight excluding hydrogens is 230 g/mol. The highest BCUT2D eigenvalue weighted by Gasteiger charge is 2.24. The van der Waals surface area contributed by atoms with Gasteiger partial charge in [0.05, 0.1) is 0 Å². The zero-order chi connectivity index (χ0) is 9.68. The van der Waals surface area contributed by atoms with E-state index >= 15 is 0 Å². The zero-order valence-electron chi connectivity index (χ0n) is 8.18. The highest BCUT2D eigenvalue weighted by Crippen LogP contribution is 2.32.